The molecule has 0 aromatic heterocycles. The molecular formula is C18H16ClN3S. The van der Waals surface area contributed by atoms with E-state index in [2.05, 4.69) is 45.8 Å². The van der Waals surface area contributed by atoms with Crippen LogP contribution in [0.2, 0.25) is 0 Å². The summed E-state index contributed by atoms with van der Waals surface area (Å²) in [6.07, 6.45) is 0. The summed E-state index contributed by atoms with van der Waals surface area (Å²) in [5.41, 5.74) is 5.46. The molecule has 0 saturated carbocycles. The van der Waals surface area contributed by atoms with Crippen molar-refractivity contribution in [2.75, 3.05) is 5.88 Å². The molecule has 2 aromatic carbocycles. The maximum absolute atomic E-state index is 6.26. The van der Waals surface area contributed by atoms with Gasteiger partial charge in [0.2, 0.25) is 0 Å². The molecule has 2 N–H and O–H groups in total. The average molecular weight is 342 g/mol. The van der Waals surface area contributed by atoms with Crippen LogP contribution in [0.1, 0.15) is 17.0 Å². The molecule has 2 aromatic rings. The van der Waals surface area contributed by atoms with Crippen molar-refractivity contribution in [1.29, 1.82) is 0 Å². The van der Waals surface area contributed by atoms with E-state index in [-0.39, 0.29) is 12.0 Å². The van der Waals surface area contributed by atoms with Gasteiger partial charge in [0.15, 0.2) is 0 Å². The third-order valence-corrected chi connectivity index (χ3v) is 5.17. The monoisotopic (exact) mass is 341 g/mol. The van der Waals surface area contributed by atoms with Crippen molar-refractivity contribution >= 4 is 35.1 Å². The maximum Gasteiger partial charge on any atom is 0.0916 e. The Morgan fingerprint density at radius 1 is 1.00 bits per heavy atom. The lowest BCUT2D eigenvalue weighted by Gasteiger charge is -2.30. The van der Waals surface area contributed by atoms with E-state index in [1.165, 1.54) is 17.7 Å². The van der Waals surface area contributed by atoms with Gasteiger partial charge >= 0.3 is 0 Å². The predicted molar refractivity (Wildman–Crippen MR) is 98.4 cm³/mol. The van der Waals surface area contributed by atoms with Crippen molar-refractivity contribution in [3.8, 4) is 0 Å². The number of rotatable bonds is 3. The number of benzene rings is 2. The van der Waals surface area contributed by atoms with E-state index in [1.54, 1.807) is 0 Å². The Balaban J connectivity index is 1.83. The highest BCUT2D eigenvalue weighted by atomic mass is 35.5. The molecule has 1 saturated heterocycles. The summed E-state index contributed by atoms with van der Waals surface area (Å²) in [5.74, 6) is 0.574. The topological polar surface area (TPSA) is 36.4 Å². The van der Waals surface area contributed by atoms with Gasteiger partial charge < -0.3 is 4.72 Å². The third-order valence-electron chi connectivity index (χ3n) is 4.20. The average Bonchev–Trinajstić information content (AvgIpc) is 3.11. The summed E-state index contributed by atoms with van der Waals surface area (Å²) in [4.78, 5) is 4.92. The Morgan fingerprint density at radius 3 is 2.39 bits per heavy atom. The number of nitrogens with one attached hydrogen (secondary N) is 2. The molecule has 4 rings (SSSR count). The number of nitrogens with zero attached hydrogens (tertiary/aromatic N) is 1. The second-order valence-corrected chi connectivity index (χ2v) is 6.46. The Bertz CT molecular complexity index is 758. The Labute approximate surface area is 145 Å². The van der Waals surface area contributed by atoms with Crippen LogP contribution in [0.3, 0.4) is 0 Å². The van der Waals surface area contributed by atoms with Gasteiger partial charge in [0.1, 0.15) is 0 Å². The first kappa shape index (κ1) is 14.8. The molecule has 2 aliphatic rings. The smallest absolute Gasteiger partial charge is 0.0916 e. The molecule has 5 heteroatoms. The van der Waals surface area contributed by atoms with Gasteiger partial charge in [-0.1, -0.05) is 60.7 Å². The van der Waals surface area contributed by atoms with Crippen LogP contribution in [0.25, 0.3) is 5.70 Å². The van der Waals surface area contributed by atoms with E-state index in [0.29, 0.717) is 5.88 Å². The van der Waals surface area contributed by atoms with Crippen molar-refractivity contribution in [1.82, 2.24) is 9.44 Å². The third kappa shape index (κ3) is 2.67. The van der Waals surface area contributed by atoms with Crippen LogP contribution in [0.5, 0.6) is 0 Å². The van der Waals surface area contributed by atoms with Crippen molar-refractivity contribution in [3.05, 3.63) is 77.5 Å². The molecule has 116 valence electrons. The van der Waals surface area contributed by atoms with Crippen molar-refractivity contribution < 1.29 is 0 Å². The standard InChI is InChI=1S/C18H16ClN3S/c19-11-14-15(12-7-3-1-4-8-12)17-18(22-23-21-17)16(20-14)13-9-5-2-6-10-13/h1-10,15,17,21-22H,11H2. The fraction of sp³-hybridized carbons (Fsp3) is 0.167. The van der Waals surface area contributed by atoms with Crippen LogP contribution in [0.15, 0.2) is 71.4 Å². The van der Waals surface area contributed by atoms with Gasteiger partial charge in [-0.25, -0.2) is 4.72 Å². The Morgan fingerprint density at radius 2 is 1.70 bits per heavy atom. The van der Waals surface area contributed by atoms with Crippen LogP contribution in [0.4, 0.5) is 0 Å². The van der Waals surface area contributed by atoms with Crippen molar-refractivity contribution in [2.45, 2.75) is 12.0 Å². The maximum atomic E-state index is 6.26. The second kappa shape index (κ2) is 6.40. The summed E-state index contributed by atoms with van der Waals surface area (Å²) >= 11 is 7.77. The van der Waals surface area contributed by atoms with Crippen LogP contribution >= 0.6 is 23.7 Å². The SMILES string of the molecule is ClCC1=NC(c2ccccc2)=C2NSNC2C1c1ccccc1. The van der Waals surface area contributed by atoms with E-state index in [4.69, 9.17) is 16.6 Å². The molecule has 23 heavy (non-hydrogen) atoms. The van der Waals surface area contributed by atoms with Crippen molar-refractivity contribution in [3.63, 3.8) is 0 Å². The zero-order valence-electron chi connectivity index (χ0n) is 12.4. The lowest BCUT2D eigenvalue weighted by Crippen LogP contribution is -2.37. The molecule has 2 unspecified atom stereocenters. The zero-order chi connectivity index (χ0) is 15.6. The number of halogens is 1. The van der Waals surface area contributed by atoms with E-state index in [9.17, 15) is 0 Å². The van der Waals surface area contributed by atoms with Gasteiger partial charge in [-0.2, -0.15) is 0 Å². The number of hydrogen-bond acceptors (Lipinski definition) is 4. The fourth-order valence-electron chi connectivity index (χ4n) is 3.14. The quantitative estimate of drug-likeness (QED) is 0.655. The number of aliphatic imine (C=N–C) groups is 1. The highest BCUT2D eigenvalue weighted by molar-refractivity contribution is 7.95. The normalized spacial score (nSPS) is 23.3. The van der Waals surface area contributed by atoms with Crippen molar-refractivity contribution in [2.24, 2.45) is 4.99 Å². The molecule has 0 amide bonds. The van der Waals surface area contributed by atoms with Crippen LogP contribution in [-0.4, -0.2) is 17.6 Å². The summed E-state index contributed by atoms with van der Waals surface area (Å²) in [6.45, 7) is 0. The van der Waals surface area contributed by atoms with Gasteiger partial charge in [0.05, 0.1) is 23.3 Å². The first-order valence-corrected chi connectivity index (χ1v) is 8.89. The molecule has 1 fully saturated rings. The molecule has 0 spiro atoms. The number of fused-ring (bicyclic) bond motifs is 1. The summed E-state index contributed by atoms with van der Waals surface area (Å²) in [5, 5.41) is 0. The fourth-order valence-corrected chi connectivity index (χ4v) is 4.14. The molecule has 2 aliphatic heterocycles. The minimum Gasteiger partial charge on any atom is -0.317 e. The van der Waals surface area contributed by atoms with Gasteiger partial charge in [0.25, 0.3) is 0 Å². The van der Waals surface area contributed by atoms with Crippen LogP contribution in [-0.2, 0) is 0 Å². The Hall–Kier alpha value is -1.75. The lowest BCUT2D eigenvalue weighted by atomic mass is 9.83. The van der Waals surface area contributed by atoms with E-state index in [1.807, 2.05) is 24.3 Å². The van der Waals surface area contributed by atoms with Crippen LogP contribution in [0, 0.1) is 0 Å². The predicted octanol–water partition coefficient (Wildman–Crippen LogP) is 3.96. The Kier molecular flexibility index (Phi) is 4.12. The minimum atomic E-state index is 0.152. The number of alkyl halides is 1. The highest BCUT2D eigenvalue weighted by Crippen LogP contribution is 2.39. The molecule has 3 nitrogen and oxygen atoms in total. The largest absolute Gasteiger partial charge is 0.317 e. The molecule has 0 bridgehead atoms. The first-order chi connectivity index (χ1) is 11.4. The van der Waals surface area contributed by atoms with Gasteiger partial charge in [-0.05, 0) is 5.56 Å². The highest BCUT2D eigenvalue weighted by Gasteiger charge is 2.39. The summed E-state index contributed by atoms with van der Waals surface area (Å²) in [6, 6.07) is 20.9. The molecule has 2 atom stereocenters. The molecule has 0 aliphatic carbocycles. The van der Waals surface area contributed by atoms with E-state index in [0.717, 1.165) is 22.7 Å². The number of hydrogen-bond donors (Lipinski definition) is 2. The second-order valence-electron chi connectivity index (χ2n) is 5.55. The first-order valence-electron chi connectivity index (χ1n) is 7.54. The van der Waals surface area contributed by atoms with E-state index >= 15 is 0 Å². The van der Waals surface area contributed by atoms with E-state index < -0.39 is 0 Å². The summed E-state index contributed by atoms with van der Waals surface area (Å²) < 4.78 is 6.87. The molecule has 0 radical (unpaired) electrons. The molecule has 2 heterocycles. The lowest BCUT2D eigenvalue weighted by molar-refractivity contribution is 0.671. The van der Waals surface area contributed by atoms with Gasteiger partial charge in [0, 0.05) is 29.3 Å². The molecular weight excluding hydrogens is 326 g/mol. The minimum absolute atomic E-state index is 0.152. The summed E-state index contributed by atoms with van der Waals surface area (Å²) in [7, 11) is 0. The van der Waals surface area contributed by atoms with Gasteiger partial charge in [-0.3, -0.25) is 4.99 Å². The van der Waals surface area contributed by atoms with Gasteiger partial charge in [-0.15, -0.1) is 11.6 Å². The zero-order valence-corrected chi connectivity index (χ0v) is 13.9. The van der Waals surface area contributed by atoms with Crippen LogP contribution < -0.4 is 9.44 Å².